The van der Waals surface area contributed by atoms with E-state index in [1.54, 1.807) is 0 Å². The summed E-state index contributed by atoms with van der Waals surface area (Å²) in [5, 5.41) is 0.904. The average Bonchev–Trinajstić information content (AvgIpc) is 1.54. The van der Waals surface area contributed by atoms with Gasteiger partial charge in [0.2, 0.25) is 0 Å². The third-order valence-electron chi connectivity index (χ3n) is 1.62. The Morgan fingerprint density at radius 1 is 1.50 bits per heavy atom. The number of hydrogen-bond acceptors (Lipinski definition) is 1. The van der Waals surface area contributed by atoms with E-state index in [0.717, 1.165) is 22.7 Å². The van der Waals surface area contributed by atoms with Crippen LogP contribution in [0, 0.1) is 5.41 Å². The van der Waals surface area contributed by atoms with Gasteiger partial charge in [-0.25, -0.2) is 0 Å². The fourth-order valence-electron chi connectivity index (χ4n) is 1.27. The second-order valence-electron chi connectivity index (χ2n) is 3.58. The van der Waals surface area contributed by atoms with Crippen molar-refractivity contribution in [3.05, 3.63) is 11.1 Å². The largest absolute Gasteiger partial charge is 0.0891 e. The first-order valence-electron chi connectivity index (χ1n) is 3.38. The summed E-state index contributed by atoms with van der Waals surface area (Å²) >= 11 is 10.9. The fraction of sp³-hybridized carbons (Fsp3) is 0.625. The van der Waals surface area contributed by atoms with Crippen LogP contribution in [0.1, 0.15) is 26.7 Å². The van der Waals surface area contributed by atoms with Crippen molar-refractivity contribution < 1.29 is 0 Å². The van der Waals surface area contributed by atoms with E-state index in [4.69, 9.17) is 23.8 Å². The standard InChI is InChI=1S/C8H11ClS/c1-8(2)4-6(9)3-7(10)5-8/h3H,4-5H2,1-2H3. The molecule has 0 aromatic carbocycles. The molecule has 2 heteroatoms. The van der Waals surface area contributed by atoms with Crippen molar-refractivity contribution in [3.63, 3.8) is 0 Å². The van der Waals surface area contributed by atoms with Gasteiger partial charge < -0.3 is 0 Å². The molecule has 0 spiro atoms. The molecule has 1 aliphatic rings. The Hall–Kier alpha value is 0.120. The molecule has 10 heavy (non-hydrogen) atoms. The summed E-state index contributed by atoms with van der Waals surface area (Å²) in [7, 11) is 0. The first-order chi connectivity index (χ1) is 4.49. The summed E-state index contributed by atoms with van der Waals surface area (Å²) < 4.78 is 0. The number of hydrogen-bond donors (Lipinski definition) is 0. The summed E-state index contributed by atoms with van der Waals surface area (Å²) in [4.78, 5) is 0.987. The Morgan fingerprint density at radius 3 is 2.50 bits per heavy atom. The van der Waals surface area contributed by atoms with Gasteiger partial charge in [-0.1, -0.05) is 37.7 Å². The summed E-state index contributed by atoms with van der Waals surface area (Å²) in [6, 6.07) is 0. The molecule has 56 valence electrons. The Bertz CT molecular complexity index is 191. The van der Waals surface area contributed by atoms with Crippen LogP contribution in [-0.4, -0.2) is 4.86 Å². The van der Waals surface area contributed by atoms with Crippen LogP contribution >= 0.6 is 23.8 Å². The zero-order valence-electron chi connectivity index (χ0n) is 6.28. The van der Waals surface area contributed by atoms with E-state index in [-0.39, 0.29) is 5.41 Å². The highest BCUT2D eigenvalue weighted by atomic mass is 35.5. The van der Waals surface area contributed by atoms with E-state index in [1.165, 1.54) is 0 Å². The summed E-state index contributed by atoms with van der Waals surface area (Å²) in [6.45, 7) is 4.38. The normalized spacial score (nSPS) is 24.3. The molecular formula is C8H11ClS. The molecule has 0 N–H and O–H groups in total. The number of halogens is 1. The van der Waals surface area contributed by atoms with Gasteiger partial charge in [0, 0.05) is 9.90 Å². The van der Waals surface area contributed by atoms with Crippen molar-refractivity contribution >= 4 is 28.7 Å². The predicted octanol–water partition coefficient (Wildman–Crippen LogP) is 3.30. The molecule has 0 bridgehead atoms. The molecule has 0 radical (unpaired) electrons. The predicted molar refractivity (Wildman–Crippen MR) is 49.5 cm³/mol. The molecule has 0 nitrogen and oxygen atoms in total. The Morgan fingerprint density at radius 2 is 2.10 bits per heavy atom. The summed E-state index contributed by atoms with van der Waals surface area (Å²) in [5.41, 5.74) is 0.281. The zero-order valence-corrected chi connectivity index (χ0v) is 7.85. The topological polar surface area (TPSA) is 0 Å². The van der Waals surface area contributed by atoms with Crippen molar-refractivity contribution in [2.75, 3.05) is 0 Å². The maximum Gasteiger partial charge on any atom is 0.0197 e. The van der Waals surface area contributed by atoms with Crippen LogP contribution in [0.3, 0.4) is 0 Å². The van der Waals surface area contributed by atoms with Crippen LogP contribution in [0.25, 0.3) is 0 Å². The number of thiocarbonyl (C=S) groups is 1. The zero-order chi connectivity index (χ0) is 7.78. The van der Waals surface area contributed by atoms with Crippen molar-refractivity contribution in [1.82, 2.24) is 0 Å². The van der Waals surface area contributed by atoms with E-state index in [2.05, 4.69) is 13.8 Å². The molecule has 0 aromatic rings. The van der Waals surface area contributed by atoms with E-state index in [0.29, 0.717) is 0 Å². The molecule has 0 saturated carbocycles. The van der Waals surface area contributed by atoms with Gasteiger partial charge in [0.05, 0.1) is 0 Å². The monoisotopic (exact) mass is 174 g/mol. The first-order valence-corrected chi connectivity index (χ1v) is 4.17. The smallest absolute Gasteiger partial charge is 0.0197 e. The van der Waals surface area contributed by atoms with Crippen molar-refractivity contribution in [3.8, 4) is 0 Å². The highest BCUT2D eigenvalue weighted by Crippen LogP contribution is 2.35. The summed E-state index contributed by atoms with van der Waals surface area (Å²) in [6.07, 6.45) is 3.87. The highest BCUT2D eigenvalue weighted by Gasteiger charge is 2.24. The first kappa shape index (κ1) is 8.22. The fourth-order valence-corrected chi connectivity index (χ4v) is 2.36. The SMILES string of the molecule is CC1(C)CC(=S)C=C(Cl)C1. The van der Waals surface area contributed by atoms with E-state index in [9.17, 15) is 0 Å². The van der Waals surface area contributed by atoms with Gasteiger partial charge in [-0.05, 0) is 24.3 Å². The molecule has 0 aromatic heterocycles. The van der Waals surface area contributed by atoms with E-state index >= 15 is 0 Å². The molecule has 1 aliphatic carbocycles. The van der Waals surface area contributed by atoms with Gasteiger partial charge >= 0.3 is 0 Å². The van der Waals surface area contributed by atoms with Crippen molar-refractivity contribution in [2.24, 2.45) is 5.41 Å². The molecule has 0 unspecified atom stereocenters. The van der Waals surface area contributed by atoms with E-state index < -0.39 is 0 Å². The lowest BCUT2D eigenvalue weighted by Gasteiger charge is -2.27. The third-order valence-corrected chi connectivity index (χ3v) is 2.12. The Balaban J connectivity index is 2.80. The van der Waals surface area contributed by atoms with Crippen LogP contribution in [0.5, 0.6) is 0 Å². The van der Waals surface area contributed by atoms with Gasteiger partial charge in [-0.15, -0.1) is 0 Å². The number of rotatable bonds is 0. The van der Waals surface area contributed by atoms with Gasteiger partial charge in [0.1, 0.15) is 0 Å². The van der Waals surface area contributed by atoms with Crippen LogP contribution in [0.2, 0.25) is 0 Å². The quantitative estimate of drug-likeness (QED) is 0.508. The van der Waals surface area contributed by atoms with Crippen LogP contribution in [-0.2, 0) is 0 Å². The maximum absolute atomic E-state index is 5.87. The lowest BCUT2D eigenvalue weighted by Crippen LogP contribution is -2.19. The van der Waals surface area contributed by atoms with E-state index in [1.807, 2.05) is 6.08 Å². The third kappa shape index (κ3) is 2.06. The molecular weight excluding hydrogens is 164 g/mol. The minimum Gasteiger partial charge on any atom is -0.0891 e. The average molecular weight is 175 g/mol. The molecule has 0 fully saturated rings. The number of allylic oxidation sites excluding steroid dienone is 2. The summed E-state index contributed by atoms with van der Waals surface area (Å²) in [5.74, 6) is 0. The van der Waals surface area contributed by atoms with Crippen LogP contribution in [0.4, 0.5) is 0 Å². The van der Waals surface area contributed by atoms with Crippen molar-refractivity contribution in [2.45, 2.75) is 26.7 Å². The van der Waals surface area contributed by atoms with Crippen molar-refractivity contribution in [1.29, 1.82) is 0 Å². The van der Waals surface area contributed by atoms with Gasteiger partial charge in [-0.2, -0.15) is 0 Å². The molecule has 0 amide bonds. The minimum atomic E-state index is 0.281. The highest BCUT2D eigenvalue weighted by molar-refractivity contribution is 7.80. The molecule has 0 atom stereocenters. The van der Waals surface area contributed by atoms with Gasteiger partial charge in [0.25, 0.3) is 0 Å². The molecule has 0 heterocycles. The Kier molecular flexibility index (Phi) is 2.16. The van der Waals surface area contributed by atoms with Gasteiger partial charge in [0.15, 0.2) is 0 Å². The molecule has 1 rings (SSSR count). The van der Waals surface area contributed by atoms with Crippen LogP contribution < -0.4 is 0 Å². The second kappa shape index (κ2) is 2.63. The maximum atomic E-state index is 5.87. The minimum absolute atomic E-state index is 0.281. The van der Waals surface area contributed by atoms with Crippen LogP contribution in [0.15, 0.2) is 11.1 Å². The molecule has 0 aliphatic heterocycles. The Labute approximate surface area is 72.3 Å². The van der Waals surface area contributed by atoms with Gasteiger partial charge in [-0.3, -0.25) is 0 Å². The molecule has 0 saturated heterocycles. The second-order valence-corrected chi connectivity index (χ2v) is 4.59. The lowest BCUT2D eigenvalue weighted by molar-refractivity contribution is 0.382. The lowest BCUT2D eigenvalue weighted by atomic mass is 9.81.